The van der Waals surface area contributed by atoms with E-state index in [0.29, 0.717) is 11.4 Å². The van der Waals surface area contributed by atoms with E-state index in [2.05, 4.69) is 5.32 Å². The number of alkyl halides is 3. The standard InChI is InChI=1S/C15H12F3N3/c1-9-6-11(4-5-14(9)20)21-12-3-2-10(8-19)13(7-12)15(16,17)18/h2-7,21H,20H2,1H3. The van der Waals surface area contributed by atoms with Crippen LogP contribution in [0.4, 0.5) is 30.2 Å². The van der Waals surface area contributed by atoms with Gasteiger partial charge in [0, 0.05) is 17.1 Å². The lowest BCUT2D eigenvalue weighted by Crippen LogP contribution is -2.08. The van der Waals surface area contributed by atoms with Gasteiger partial charge in [-0.25, -0.2) is 0 Å². The third kappa shape index (κ3) is 3.26. The number of benzene rings is 2. The minimum absolute atomic E-state index is 0.255. The predicted octanol–water partition coefficient (Wildman–Crippen LogP) is 4.21. The Kier molecular flexibility index (Phi) is 3.76. The number of hydrogen-bond donors (Lipinski definition) is 2. The molecule has 2 aromatic carbocycles. The molecule has 0 aliphatic carbocycles. The number of anilines is 3. The minimum atomic E-state index is -4.57. The van der Waals surface area contributed by atoms with Crippen LogP contribution < -0.4 is 11.1 Å². The number of halogens is 3. The third-order valence-corrected chi connectivity index (χ3v) is 3.00. The molecular weight excluding hydrogens is 279 g/mol. The maximum Gasteiger partial charge on any atom is 0.417 e. The fraction of sp³-hybridized carbons (Fsp3) is 0.133. The van der Waals surface area contributed by atoms with Gasteiger partial charge in [0.05, 0.1) is 17.2 Å². The first kappa shape index (κ1) is 14.7. The van der Waals surface area contributed by atoms with Crippen LogP contribution in [0.2, 0.25) is 0 Å². The van der Waals surface area contributed by atoms with Gasteiger partial charge in [-0.15, -0.1) is 0 Å². The first-order valence-electron chi connectivity index (χ1n) is 6.06. The van der Waals surface area contributed by atoms with E-state index in [4.69, 9.17) is 11.0 Å². The maximum absolute atomic E-state index is 12.9. The quantitative estimate of drug-likeness (QED) is 0.815. The Labute approximate surface area is 119 Å². The van der Waals surface area contributed by atoms with Gasteiger partial charge in [-0.2, -0.15) is 18.4 Å². The molecule has 0 atom stereocenters. The van der Waals surface area contributed by atoms with Crippen LogP contribution in [-0.4, -0.2) is 0 Å². The highest BCUT2D eigenvalue weighted by Gasteiger charge is 2.33. The second-order valence-electron chi connectivity index (χ2n) is 4.57. The van der Waals surface area contributed by atoms with Crippen molar-refractivity contribution < 1.29 is 13.2 Å². The van der Waals surface area contributed by atoms with Crippen molar-refractivity contribution in [3.8, 4) is 6.07 Å². The van der Waals surface area contributed by atoms with Gasteiger partial charge in [0.1, 0.15) is 0 Å². The van der Waals surface area contributed by atoms with Gasteiger partial charge in [0.25, 0.3) is 0 Å². The molecule has 6 heteroatoms. The number of rotatable bonds is 2. The smallest absolute Gasteiger partial charge is 0.399 e. The molecule has 0 saturated carbocycles. The Balaban J connectivity index is 2.37. The van der Waals surface area contributed by atoms with E-state index in [1.807, 2.05) is 0 Å². The van der Waals surface area contributed by atoms with Gasteiger partial charge in [0.2, 0.25) is 0 Å². The molecule has 0 amide bonds. The van der Waals surface area contributed by atoms with Crippen molar-refractivity contribution in [2.75, 3.05) is 11.1 Å². The molecule has 21 heavy (non-hydrogen) atoms. The average Bonchev–Trinajstić information content (AvgIpc) is 2.42. The fourth-order valence-corrected chi connectivity index (χ4v) is 1.87. The summed E-state index contributed by atoms with van der Waals surface area (Å²) in [5.41, 5.74) is 6.64. The van der Waals surface area contributed by atoms with Crippen LogP contribution in [0.15, 0.2) is 36.4 Å². The minimum Gasteiger partial charge on any atom is -0.399 e. The van der Waals surface area contributed by atoms with Gasteiger partial charge in [-0.1, -0.05) is 0 Å². The average molecular weight is 291 g/mol. The van der Waals surface area contributed by atoms with Crippen molar-refractivity contribution in [3.63, 3.8) is 0 Å². The monoisotopic (exact) mass is 291 g/mol. The SMILES string of the molecule is Cc1cc(Nc2ccc(C#N)c(C(F)(F)F)c2)ccc1N. The molecule has 0 unspecified atom stereocenters. The van der Waals surface area contributed by atoms with E-state index >= 15 is 0 Å². The van der Waals surface area contributed by atoms with Crippen molar-refractivity contribution in [3.05, 3.63) is 53.1 Å². The lowest BCUT2D eigenvalue weighted by Gasteiger charge is -2.13. The topological polar surface area (TPSA) is 61.8 Å². The van der Waals surface area contributed by atoms with E-state index in [-0.39, 0.29) is 5.69 Å². The second-order valence-corrected chi connectivity index (χ2v) is 4.57. The van der Waals surface area contributed by atoms with E-state index < -0.39 is 17.3 Å². The zero-order chi connectivity index (χ0) is 15.6. The Morgan fingerprint density at radius 2 is 1.71 bits per heavy atom. The molecule has 2 rings (SSSR count). The molecule has 0 radical (unpaired) electrons. The summed E-state index contributed by atoms with van der Waals surface area (Å²) < 4.78 is 38.6. The molecule has 0 fully saturated rings. The third-order valence-electron chi connectivity index (χ3n) is 3.00. The number of nitrogens with zero attached hydrogens (tertiary/aromatic N) is 1. The van der Waals surface area contributed by atoms with E-state index in [1.165, 1.54) is 6.07 Å². The summed E-state index contributed by atoms with van der Waals surface area (Å²) in [4.78, 5) is 0. The lowest BCUT2D eigenvalue weighted by atomic mass is 10.1. The Morgan fingerprint density at radius 3 is 2.29 bits per heavy atom. The molecule has 0 heterocycles. The van der Waals surface area contributed by atoms with Crippen molar-refractivity contribution in [1.82, 2.24) is 0 Å². The van der Waals surface area contributed by atoms with E-state index in [0.717, 1.165) is 17.7 Å². The zero-order valence-electron chi connectivity index (χ0n) is 11.1. The van der Waals surface area contributed by atoms with Crippen molar-refractivity contribution >= 4 is 17.1 Å². The van der Waals surface area contributed by atoms with Crippen LogP contribution in [0.1, 0.15) is 16.7 Å². The summed E-state index contributed by atoms with van der Waals surface area (Å²) in [5, 5.41) is 11.6. The highest BCUT2D eigenvalue weighted by atomic mass is 19.4. The Morgan fingerprint density at radius 1 is 1.10 bits per heavy atom. The van der Waals surface area contributed by atoms with Crippen molar-refractivity contribution in [2.24, 2.45) is 0 Å². The lowest BCUT2D eigenvalue weighted by molar-refractivity contribution is -0.137. The van der Waals surface area contributed by atoms with E-state index in [1.54, 1.807) is 31.2 Å². The molecule has 0 spiro atoms. The fourth-order valence-electron chi connectivity index (χ4n) is 1.87. The predicted molar refractivity (Wildman–Crippen MR) is 75.0 cm³/mol. The number of hydrogen-bond acceptors (Lipinski definition) is 3. The summed E-state index contributed by atoms with van der Waals surface area (Å²) in [6.45, 7) is 1.81. The number of nitriles is 1. The van der Waals surface area contributed by atoms with Gasteiger partial charge in [0.15, 0.2) is 0 Å². The molecule has 3 nitrogen and oxygen atoms in total. The van der Waals surface area contributed by atoms with Gasteiger partial charge >= 0.3 is 6.18 Å². The molecule has 3 N–H and O–H groups in total. The first-order valence-corrected chi connectivity index (χ1v) is 6.06. The molecule has 108 valence electrons. The molecular formula is C15H12F3N3. The summed E-state index contributed by atoms with van der Waals surface area (Å²) >= 11 is 0. The number of nitrogens with one attached hydrogen (secondary N) is 1. The number of nitrogen functional groups attached to an aromatic ring is 1. The Bertz CT molecular complexity index is 715. The largest absolute Gasteiger partial charge is 0.417 e. The number of nitrogens with two attached hydrogens (primary N) is 1. The van der Waals surface area contributed by atoms with Gasteiger partial charge in [-0.05, 0) is 48.9 Å². The molecule has 0 saturated heterocycles. The Hall–Kier alpha value is -2.68. The molecule has 0 aliphatic heterocycles. The summed E-state index contributed by atoms with van der Waals surface area (Å²) in [7, 11) is 0. The van der Waals surface area contributed by atoms with E-state index in [9.17, 15) is 13.2 Å². The molecule has 2 aromatic rings. The highest BCUT2D eigenvalue weighted by molar-refractivity contribution is 5.65. The van der Waals surface area contributed by atoms with Crippen molar-refractivity contribution in [2.45, 2.75) is 13.1 Å². The maximum atomic E-state index is 12.9. The second kappa shape index (κ2) is 5.37. The molecule has 0 bridgehead atoms. The van der Waals surface area contributed by atoms with Gasteiger partial charge in [-0.3, -0.25) is 0 Å². The molecule has 0 aromatic heterocycles. The van der Waals surface area contributed by atoms with Crippen LogP contribution >= 0.6 is 0 Å². The van der Waals surface area contributed by atoms with Crippen LogP contribution in [0.25, 0.3) is 0 Å². The molecule has 0 aliphatic rings. The van der Waals surface area contributed by atoms with Crippen LogP contribution in [0, 0.1) is 18.3 Å². The highest BCUT2D eigenvalue weighted by Crippen LogP contribution is 2.34. The van der Waals surface area contributed by atoms with Gasteiger partial charge < -0.3 is 11.1 Å². The summed E-state index contributed by atoms with van der Waals surface area (Å²) in [6, 6.07) is 10.1. The summed E-state index contributed by atoms with van der Waals surface area (Å²) in [5.74, 6) is 0. The van der Waals surface area contributed by atoms with Crippen LogP contribution in [0.5, 0.6) is 0 Å². The zero-order valence-corrected chi connectivity index (χ0v) is 11.1. The normalized spacial score (nSPS) is 11.0. The number of aryl methyl sites for hydroxylation is 1. The van der Waals surface area contributed by atoms with Crippen LogP contribution in [-0.2, 0) is 6.18 Å². The van der Waals surface area contributed by atoms with Crippen LogP contribution in [0.3, 0.4) is 0 Å². The van der Waals surface area contributed by atoms with Crippen molar-refractivity contribution in [1.29, 1.82) is 5.26 Å². The summed E-state index contributed by atoms with van der Waals surface area (Å²) in [6.07, 6.45) is -4.57. The first-order chi connectivity index (χ1) is 9.81.